The monoisotopic (exact) mass is 285 g/mol. The van der Waals surface area contributed by atoms with Crippen molar-refractivity contribution in [2.75, 3.05) is 0 Å². The summed E-state index contributed by atoms with van der Waals surface area (Å²) in [5, 5.41) is 0. The van der Waals surface area contributed by atoms with Crippen molar-refractivity contribution in [2.24, 2.45) is 0 Å². The molecule has 1 heterocycles. The Bertz CT molecular complexity index is 798. The molecule has 108 valence electrons. The number of pyridine rings is 1. The molecule has 0 aromatic carbocycles. The van der Waals surface area contributed by atoms with Gasteiger partial charge in [-0.2, -0.15) is 0 Å². The fourth-order valence-corrected chi connectivity index (χ4v) is 2.87. The van der Waals surface area contributed by atoms with Gasteiger partial charge in [0.1, 0.15) is 0 Å². The van der Waals surface area contributed by atoms with Gasteiger partial charge in [0.2, 0.25) is 0 Å². The molecule has 1 heteroatoms. The predicted octanol–water partition coefficient (Wildman–Crippen LogP) is 4.39. The molecule has 0 amide bonds. The Kier molecular flexibility index (Phi) is 4.27. The second kappa shape index (κ2) is 6.50. The summed E-state index contributed by atoms with van der Waals surface area (Å²) in [6, 6.07) is 4.28. The predicted molar refractivity (Wildman–Crippen MR) is 91.9 cm³/mol. The maximum Gasteiger partial charge on any atom is 0.0525 e. The Labute approximate surface area is 132 Å². The number of fused-ring (bicyclic) bond motifs is 2. The van der Waals surface area contributed by atoms with Gasteiger partial charge in [0.25, 0.3) is 0 Å². The van der Waals surface area contributed by atoms with Crippen molar-refractivity contribution in [3.05, 3.63) is 59.0 Å². The van der Waals surface area contributed by atoms with E-state index < -0.39 is 0 Å². The highest BCUT2D eigenvalue weighted by molar-refractivity contribution is 5.82. The lowest BCUT2D eigenvalue weighted by atomic mass is 10.0. The average molecular weight is 285 g/mol. The number of rotatable bonds is 0. The fraction of sp³-hybridized carbons (Fsp3) is 0.286. The van der Waals surface area contributed by atoms with E-state index in [0.29, 0.717) is 6.42 Å². The molecular weight excluding hydrogens is 266 g/mol. The number of hydrogen-bond acceptors (Lipinski definition) is 1. The highest BCUT2D eigenvalue weighted by atomic mass is 14.7. The van der Waals surface area contributed by atoms with Crippen LogP contribution in [0.25, 0.3) is 5.57 Å². The minimum atomic E-state index is 0.653. The van der Waals surface area contributed by atoms with E-state index in [9.17, 15) is 0 Å². The summed E-state index contributed by atoms with van der Waals surface area (Å²) < 4.78 is 0. The maximum atomic E-state index is 4.70. The lowest BCUT2D eigenvalue weighted by Gasteiger charge is -2.02. The third-order valence-corrected chi connectivity index (χ3v) is 3.95. The molecule has 0 saturated heterocycles. The van der Waals surface area contributed by atoms with Crippen LogP contribution in [0.4, 0.5) is 0 Å². The Morgan fingerprint density at radius 1 is 1.23 bits per heavy atom. The zero-order chi connectivity index (χ0) is 15.4. The summed E-state index contributed by atoms with van der Waals surface area (Å²) in [6.45, 7) is 5.99. The first-order chi connectivity index (χ1) is 10.7. The topological polar surface area (TPSA) is 12.9 Å². The van der Waals surface area contributed by atoms with Crippen LogP contribution in [0.1, 0.15) is 42.6 Å². The lowest BCUT2D eigenvalue weighted by molar-refractivity contribution is 0.826. The van der Waals surface area contributed by atoms with Crippen LogP contribution in [-0.4, -0.2) is 4.98 Å². The first-order valence-corrected chi connectivity index (χ1v) is 7.74. The van der Waals surface area contributed by atoms with E-state index in [4.69, 9.17) is 4.98 Å². The largest absolute Gasteiger partial charge is 0.257 e. The molecule has 1 aromatic rings. The van der Waals surface area contributed by atoms with Gasteiger partial charge < -0.3 is 0 Å². The van der Waals surface area contributed by atoms with Gasteiger partial charge in [0, 0.05) is 36.1 Å². The molecule has 0 fully saturated rings. The van der Waals surface area contributed by atoms with Crippen LogP contribution in [0.3, 0.4) is 0 Å². The second-order valence-electron chi connectivity index (χ2n) is 5.73. The minimum Gasteiger partial charge on any atom is -0.257 e. The van der Waals surface area contributed by atoms with Crippen LogP contribution in [0.5, 0.6) is 0 Å². The van der Waals surface area contributed by atoms with Crippen LogP contribution >= 0.6 is 0 Å². The third kappa shape index (κ3) is 3.21. The van der Waals surface area contributed by atoms with Crippen LogP contribution < -0.4 is 0 Å². The Hall–Kier alpha value is -2.51. The molecule has 0 atom stereocenters. The minimum absolute atomic E-state index is 0.653. The van der Waals surface area contributed by atoms with Crippen LogP contribution in [-0.2, 0) is 6.42 Å². The van der Waals surface area contributed by atoms with Crippen LogP contribution in [0.2, 0.25) is 0 Å². The Morgan fingerprint density at radius 3 is 3.05 bits per heavy atom. The number of aromatic nitrogens is 1. The van der Waals surface area contributed by atoms with E-state index in [2.05, 4.69) is 48.5 Å². The molecule has 0 N–H and O–H groups in total. The summed E-state index contributed by atoms with van der Waals surface area (Å²) in [7, 11) is 0. The quantitative estimate of drug-likeness (QED) is 0.644. The average Bonchev–Trinajstić information content (AvgIpc) is 2.83. The molecule has 0 saturated carbocycles. The van der Waals surface area contributed by atoms with Gasteiger partial charge in [-0.1, -0.05) is 41.9 Å². The van der Waals surface area contributed by atoms with Gasteiger partial charge in [0.05, 0.1) is 5.69 Å². The number of aryl methyl sites for hydroxylation is 1. The van der Waals surface area contributed by atoms with E-state index in [0.717, 1.165) is 37.0 Å². The van der Waals surface area contributed by atoms with Crippen molar-refractivity contribution in [2.45, 2.75) is 39.0 Å². The van der Waals surface area contributed by atoms with Crippen molar-refractivity contribution in [1.82, 2.24) is 4.98 Å². The van der Waals surface area contributed by atoms with E-state index in [1.807, 2.05) is 13.0 Å². The third-order valence-electron chi connectivity index (χ3n) is 3.95. The van der Waals surface area contributed by atoms with Crippen molar-refractivity contribution in [1.29, 1.82) is 0 Å². The van der Waals surface area contributed by atoms with E-state index >= 15 is 0 Å². The van der Waals surface area contributed by atoms with Gasteiger partial charge in [-0.05, 0) is 43.6 Å². The first-order valence-electron chi connectivity index (χ1n) is 7.74. The summed E-state index contributed by atoms with van der Waals surface area (Å²) in [5.74, 6) is 12.5. The van der Waals surface area contributed by atoms with E-state index in [-0.39, 0.29) is 0 Å². The molecule has 0 radical (unpaired) electrons. The molecule has 0 unspecified atom stereocenters. The number of hydrogen-bond donors (Lipinski definition) is 0. The van der Waals surface area contributed by atoms with Crippen LogP contribution in [0, 0.1) is 30.6 Å². The van der Waals surface area contributed by atoms with Gasteiger partial charge in [-0.25, -0.2) is 0 Å². The summed E-state index contributed by atoms with van der Waals surface area (Å²) >= 11 is 0. The Balaban J connectivity index is 1.94. The SMILES string of the molecule is C=C1C#CCCCC2=C(C=CC#CC1)c1ccc(C)nc1C2. The lowest BCUT2D eigenvalue weighted by Crippen LogP contribution is -1.92. The first kappa shape index (κ1) is 14.4. The molecule has 0 spiro atoms. The number of nitrogens with zero attached hydrogens (tertiary/aromatic N) is 1. The van der Waals surface area contributed by atoms with Crippen molar-refractivity contribution in [3.63, 3.8) is 0 Å². The zero-order valence-corrected chi connectivity index (χ0v) is 13.0. The maximum absolute atomic E-state index is 4.70. The highest BCUT2D eigenvalue weighted by Gasteiger charge is 2.20. The molecule has 1 nitrogen and oxygen atoms in total. The summed E-state index contributed by atoms with van der Waals surface area (Å²) in [4.78, 5) is 4.70. The summed E-state index contributed by atoms with van der Waals surface area (Å²) in [5.41, 5.74) is 7.24. The van der Waals surface area contributed by atoms with Crippen LogP contribution in [0.15, 0.2) is 42.0 Å². The van der Waals surface area contributed by atoms with Crippen molar-refractivity contribution >= 4 is 5.57 Å². The van der Waals surface area contributed by atoms with E-state index in [1.165, 1.54) is 22.4 Å². The zero-order valence-electron chi connectivity index (χ0n) is 13.0. The molecule has 0 aliphatic heterocycles. The van der Waals surface area contributed by atoms with Gasteiger partial charge in [-0.15, -0.1) is 0 Å². The highest BCUT2D eigenvalue weighted by Crippen LogP contribution is 2.35. The molecule has 22 heavy (non-hydrogen) atoms. The Morgan fingerprint density at radius 2 is 2.14 bits per heavy atom. The van der Waals surface area contributed by atoms with Crippen molar-refractivity contribution < 1.29 is 0 Å². The molecule has 1 aromatic heterocycles. The molecule has 2 aliphatic carbocycles. The molecule has 3 rings (SSSR count). The molecule has 2 aliphatic rings. The van der Waals surface area contributed by atoms with Gasteiger partial charge in [-0.3, -0.25) is 4.98 Å². The second-order valence-corrected chi connectivity index (χ2v) is 5.73. The number of allylic oxidation sites excluding steroid dienone is 5. The normalized spacial score (nSPS) is 17.0. The molecule has 0 bridgehead atoms. The van der Waals surface area contributed by atoms with Gasteiger partial charge >= 0.3 is 0 Å². The standard InChI is InChI=1S/C21H19N/c1-16-9-5-3-7-11-18-15-21-20(14-13-17(2)22-21)19(18)12-8-4-6-10-16/h8,12-14H,1,3,7,10-11,15H2,2H3. The van der Waals surface area contributed by atoms with Gasteiger partial charge in [0.15, 0.2) is 0 Å². The summed E-state index contributed by atoms with van der Waals surface area (Å²) in [6.07, 6.45) is 8.78. The van der Waals surface area contributed by atoms with Crippen molar-refractivity contribution in [3.8, 4) is 23.7 Å². The molecular formula is C21H19N. The van der Waals surface area contributed by atoms with E-state index in [1.54, 1.807) is 0 Å². The smallest absolute Gasteiger partial charge is 0.0525 e. The fourth-order valence-electron chi connectivity index (χ4n) is 2.87.